The van der Waals surface area contributed by atoms with Crippen LogP contribution in [0.4, 0.5) is 11.4 Å². The molecule has 1 unspecified atom stereocenters. The number of aromatic nitrogens is 1. The molecule has 0 radical (unpaired) electrons. The molecule has 0 aliphatic carbocycles. The van der Waals surface area contributed by atoms with Gasteiger partial charge in [-0.3, -0.25) is 19.9 Å². The first kappa shape index (κ1) is 15.3. The molecule has 0 saturated carbocycles. The molecule has 7 nitrogen and oxygen atoms in total. The fraction of sp³-hybridized carbons (Fsp3) is 0.0667. The summed E-state index contributed by atoms with van der Waals surface area (Å²) in [7, 11) is 0. The van der Waals surface area contributed by atoms with Crippen LogP contribution >= 0.6 is 0 Å². The largest absolute Gasteiger partial charge is 0.383 e. The van der Waals surface area contributed by atoms with Crippen molar-refractivity contribution in [2.45, 2.75) is 6.10 Å². The minimum atomic E-state index is -1.15. The third-order valence-corrected chi connectivity index (χ3v) is 2.98. The lowest BCUT2D eigenvalue weighted by Crippen LogP contribution is -2.18. The fourth-order valence-corrected chi connectivity index (χ4v) is 1.75. The summed E-state index contributed by atoms with van der Waals surface area (Å²) in [4.78, 5) is 25.9. The lowest BCUT2D eigenvalue weighted by molar-refractivity contribution is -0.384. The van der Waals surface area contributed by atoms with Crippen LogP contribution < -0.4 is 5.32 Å². The number of pyridine rings is 1. The van der Waals surface area contributed by atoms with Crippen LogP contribution in [0.1, 0.15) is 11.7 Å². The van der Waals surface area contributed by atoms with E-state index in [1.54, 1.807) is 12.1 Å². The maximum Gasteiger partial charge on any atom is 0.269 e. The van der Waals surface area contributed by atoms with Gasteiger partial charge >= 0.3 is 0 Å². The number of non-ortho nitro benzene ring substituents is 1. The molecule has 1 aromatic heterocycles. The summed E-state index contributed by atoms with van der Waals surface area (Å²) in [6, 6.07) is 8.52. The van der Waals surface area contributed by atoms with Gasteiger partial charge in [0.05, 0.1) is 4.92 Å². The van der Waals surface area contributed by atoms with Crippen molar-refractivity contribution in [3.8, 4) is 0 Å². The van der Waals surface area contributed by atoms with Crippen molar-refractivity contribution in [2.24, 2.45) is 0 Å². The molecular weight excluding hydrogens is 286 g/mol. The van der Waals surface area contributed by atoms with Gasteiger partial charge in [0.15, 0.2) is 0 Å². The van der Waals surface area contributed by atoms with Gasteiger partial charge in [-0.15, -0.1) is 0 Å². The summed E-state index contributed by atoms with van der Waals surface area (Å²) in [5, 5.41) is 23.2. The van der Waals surface area contributed by atoms with Gasteiger partial charge in [0.1, 0.15) is 6.10 Å². The van der Waals surface area contributed by atoms with Gasteiger partial charge in [0.25, 0.3) is 11.6 Å². The Labute approximate surface area is 126 Å². The second-order valence-electron chi connectivity index (χ2n) is 4.47. The van der Waals surface area contributed by atoms with E-state index in [9.17, 15) is 20.0 Å². The van der Waals surface area contributed by atoms with Crippen LogP contribution in [0.25, 0.3) is 0 Å². The van der Waals surface area contributed by atoms with Gasteiger partial charge in [-0.05, 0) is 29.8 Å². The van der Waals surface area contributed by atoms with Crippen molar-refractivity contribution < 1.29 is 14.8 Å². The molecule has 2 N–H and O–H groups in total. The van der Waals surface area contributed by atoms with E-state index in [1.807, 2.05) is 0 Å². The number of nitrogens with one attached hydrogen (secondary N) is 1. The number of nitro groups is 1. The molecule has 0 bridgehead atoms. The van der Waals surface area contributed by atoms with Gasteiger partial charge in [0, 0.05) is 35.8 Å². The number of hydrogen-bond acceptors (Lipinski definition) is 5. The van der Waals surface area contributed by atoms with E-state index in [-0.39, 0.29) is 11.3 Å². The van der Waals surface area contributed by atoms with Gasteiger partial charge < -0.3 is 10.4 Å². The first-order valence-corrected chi connectivity index (χ1v) is 6.31. The van der Waals surface area contributed by atoms with Crippen molar-refractivity contribution in [3.63, 3.8) is 0 Å². The van der Waals surface area contributed by atoms with E-state index in [0.29, 0.717) is 11.3 Å². The molecule has 0 fully saturated rings. The molecule has 7 heteroatoms. The Bertz CT molecular complexity index is 698. The lowest BCUT2D eigenvalue weighted by atomic mass is 10.0. The molecule has 0 spiro atoms. The zero-order chi connectivity index (χ0) is 16.1. The number of nitro benzene ring substituents is 1. The fourth-order valence-electron chi connectivity index (χ4n) is 1.75. The Hall–Kier alpha value is -3.06. The Morgan fingerprint density at radius 2 is 1.82 bits per heavy atom. The maximum atomic E-state index is 12.0. The monoisotopic (exact) mass is 299 g/mol. The normalized spacial score (nSPS) is 11.5. The molecule has 1 heterocycles. The highest BCUT2D eigenvalue weighted by Gasteiger charge is 2.18. The van der Waals surface area contributed by atoms with Gasteiger partial charge in [0.2, 0.25) is 0 Å². The van der Waals surface area contributed by atoms with Crippen LogP contribution in [0.15, 0.2) is 60.9 Å². The van der Waals surface area contributed by atoms with Crippen LogP contribution in [-0.4, -0.2) is 20.9 Å². The van der Waals surface area contributed by atoms with Gasteiger partial charge in [-0.25, -0.2) is 0 Å². The highest BCUT2D eigenvalue weighted by Crippen LogP contribution is 2.21. The first-order chi connectivity index (χ1) is 10.5. The van der Waals surface area contributed by atoms with Crippen LogP contribution in [0.3, 0.4) is 0 Å². The van der Waals surface area contributed by atoms with E-state index in [0.717, 1.165) is 0 Å². The summed E-state index contributed by atoms with van der Waals surface area (Å²) in [5.74, 6) is -0.571. The molecule has 22 heavy (non-hydrogen) atoms. The highest BCUT2D eigenvalue weighted by molar-refractivity contribution is 6.04. The van der Waals surface area contributed by atoms with Crippen LogP contribution in [0.5, 0.6) is 0 Å². The molecule has 0 aliphatic heterocycles. The quantitative estimate of drug-likeness (QED) is 0.500. The number of nitrogens with zero attached hydrogens (tertiary/aromatic N) is 2. The third kappa shape index (κ3) is 3.53. The Kier molecular flexibility index (Phi) is 4.60. The minimum absolute atomic E-state index is 0.0375. The topological polar surface area (TPSA) is 105 Å². The van der Waals surface area contributed by atoms with Crippen LogP contribution in [-0.2, 0) is 4.79 Å². The number of benzene rings is 1. The summed E-state index contributed by atoms with van der Waals surface area (Å²) in [6.45, 7) is 3.58. The van der Waals surface area contributed by atoms with Gasteiger partial charge in [-0.2, -0.15) is 0 Å². The molecule has 2 rings (SSSR count). The summed E-state index contributed by atoms with van der Waals surface area (Å²) in [6.07, 6.45) is 1.85. The minimum Gasteiger partial charge on any atom is -0.383 e. The summed E-state index contributed by atoms with van der Waals surface area (Å²) in [5.41, 5.74) is 0.760. The van der Waals surface area contributed by atoms with Crippen LogP contribution in [0.2, 0.25) is 0 Å². The van der Waals surface area contributed by atoms with E-state index < -0.39 is 16.9 Å². The number of carbonyl (C=O) groups excluding carboxylic acids is 1. The highest BCUT2D eigenvalue weighted by atomic mass is 16.6. The Balaban J connectivity index is 2.05. The average molecular weight is 299 g/mol. The predicted octanol–water partition coefficient (Wildman–Crippen LogP) is 2.22. The van der Waals surface area contributed by atoms with E-state index in [4.69, 9.17) is 0 Å². The number of rotatable bonds is 5. The van der Waals surface area contributed by atoms with Crippen molar-refractivity contribution in [2.75, 3.05) is 5.32 Å². The molecular formula is C15H13N3O4. The second-order valence-corrected chi connectivity index (χ2v) is 4.47. The number of aliphatic hydroxyl groups excluding tert-OH is 1. The number of aliphatic hydroxyl groups is 1. The first-order valence-electron chi connectivity index (χ1n) is 6.31. The number of hydrogen-bond donors (Lipinski definition) is 2. The predicted molar refractivity (Wildman–Crippen MR) is 80.1 cm³/mol. The van der Waals surface area contributed by atoms with Crippen molar-refractivity contribution in [1.82, 2.24) is 4.98 Å². The maximum absolute atomic E-state index is 12.0. The number of carbonyl (C=O) groups is 1. The van der Waals surface area contributed by atoms with Gasteiger partial charge in [-0.1, -0.05) is 6.58 Å². The molecule has 2 aromatic rings. The smallest absolute Gasteiger partial charge is 0.269 e. The summed E-state index contributed by atoms with van der Waals surface area (Å²) < 4.78 is 0. The SMILES string of the molecule is C=C(C(=O)Nc1ccc([N+](=O)[O-])cc1)C(O)c1ccncc1. The zero-order valence-electron chi connectivity index (χ0n) is 11.5. The second kappa shape index (κ2) is 6.59. The molecule has 0 aliphatic rings. The number of anilines is 1. The zero-order valence-corrected chi connectivity index (χ0v) is 11.5. The van der Waals surface area contributed by atoms with Crippen molar-refractivity contribution in [3.05, 3.63) is 76.6 Å². The van der Waals surface area contributed by atoms with E-state index >= 15 is 0 Å². The van der Waals surface area contributed by atoms with E-state index in [2.05, 4.69) is 16.9 Å². The van der Waals surface area contributed by atoms with Crippen LogP contribution in [0, 0.1) is 10.1 Å². The average Bonchev–Trinajstić information content (AvgIpc) is 2.54. The third-order valence-electron chi connectivity index (χ3n) is 2.98. The lowest BCUT2D eigenvalue weighted by Gasteiger charge is -2.14. The molecule has 112 valence electrons. The molecule has 0 saturated heterocycles. The summed E-state index contributed by atoms with van der Waals surface area (Å²) >= 11 is 0. The standard InChI is InChI=1S/C15H13N3O4/c1-10(14(19)11-6-8-16-9-7-11)15(20)17-12-2-4-13(5-3-12)18(21)22/h2-9,14,19H,1H2,(H,17,20). The van der Waals surface area contributed by atoms with Crippen molar-refractivity contribution in [1.29, 1.82) is 0 Å². The Morgan fingerprint density at radius 3 is 2.36 bits per heavy atom. The molecule has 1 amide bonds. The van der Waals surface area contributed by atoms with E-state index in [1.165, 1.54) is 36.7 Å². The van der Waals surface area contributed by atoms with Crippen molar-refractivity contribution >= 4 is 17.3 Å². The number of amides is 1. The molecule has 1 aromatic carbocycles. The molecule has 1 atom stereocenters. The Morgan fingerprint density at radius 1 is 1.23 bits per heavy atom.